The quantitative estimate of drug-likeness (QED) is 0.369. The van der Waals surface area contributed by atoms with Crippen molar-refractivity contribution in [2.45, 2.75) is 6.92 Å². The van der Waals surface area contributed by atoms with Gasteiger partial charge in [0.2, 0.25) is 0 Å². The molecule has 0 unspecified atom stereocenters. The van der Waals surface area contributed by atoms with Crippen LogP contribution in [0.3, 0.4) is 0 Å². The minimum absolute atomic E-state index is 0.0612. The normalized spacial score (nSPS) is 10.6. The number of carbonyl (C=O) groups is 4. The van der Waals surface area contributed by atoms with Gasteiger partial charge in [-0.05, 0) is 49.4 Å². The number of anilines is 2. The number of nitrogens with zero attached hydrogens (tertiary/aromatic N) is 2. The van der Waals surface area contributed by atoms with E-state index in [1.165, 1.54) is 56.7 Å². The van der Waals surface area contributed by atoms with Crippen molar-refractivity contribution in [1.29, 1.82) is 0 Å². The lowest BCUT2D eigenvalue weighted by Gasteiger charge is -2.09. The van der Waals surface area contributed by atoms with E-state index in [0.717, 1.165) is 15.7 Å². The molecule has 0 fully saturated rings. The molecule has 0 aliphatic carbocycles. The van der Waals surface area contributed by atoms with Gasteiger partial charge in [-0.25, -0.2) is 19.0 Å². The SMILES string of the molecule is COC(=O)c1ccc(NC(=O)c2sc3nc(C)cc(=O)n3c2C(=O)Nc2cccc(C(=O)OC)c2)cc1. The van der Waals surface area contributed by atoms with E-state index in [2.05, 4.69) is 20.4 Å². The molecule has 4 aromatic rings. The summed E-state index contributed by atoms with van der Waals surface area (Å²) in [5, 5.41) is 5.29. The molecule has 11 nitrogen and oxygen atoms in total. The van der Waals surface area contributed by atoms with Crippen molar-refractivity contribution in [1.82, 2.24) is 9.38 Å². The highest BCUT2D eigenvalue weighted by Crippen LogP contribution is 2.24. The number of thiazole rings is 1. The van der Waals surface area contributed by atoms with Crippen molar-refractivity contribution in [2.75, 3.05) is 24.9 Å². The van der Waals surface area contributed by atoms with Crippen molar-refractivity contribution >= 4 is 51.4 Å². The zero-order chi connectivity index (χ0) is 26.7. The minimum Gasteiger partial charge on any atom is -0.465 e. The molecule has 2 amide bonds. The lowest BCUT2D eigenvalue weighted by Crippen LogP contribution is -2.25. The van der Waals surface area contributed by atoms with Crippen LogP contribution in [0.5, 0.6) is 0 Å². The summed E-state index contributed by atoms with van der Waals surface area (Å²) in [6.45, 7) is 1.63. The highest BCUT2D eigenvalue weighted by atomic mass is 32.1. The third kappa shape index (κ3) is 5.23. The third-order valence-corrected chi connectivity index (χ3v) is 6.21. The van der Waals surface area contributed by atoms with E-state index in [1.807, 2.05) is 0 Å². The molecule has 0 aliphatic heterocycles. The van der Waals surface area contributed by atoms with E-state index >= 15 is 0 Å². The number of aromatic nitrogens is 2. The minimum atomic E-state index is -0.757. The van der Waals surface area contributed by atoms with Crippen LogP contribution in [0.15, 0.2) is 59.4 Å². The number of aryl methyl sites for hydroxylation is 1. The zero-order valence-corrected chi connectivity index (χ0v) is 20.7. The van der Waals surface area contributed by atoms with Crippen molar-refractivity contribution in [3.8, 4) is 0 Å². The van der Waals surface area contributed by atoms with Crippen LogP contribution in [-0.4, -0.2) is 47.4 Å². The maximum atomic E-state index is 13.4. The smallest absolute Gasteiger partial charge is 0.337 e. The van der Waals surface area contributed by atoms with Gasteiger partial charge >= 0.3 is 11.9 Å². The van der Waals surface area contributed by atoms with Gasteiger partial charge in [-0.3, -0.25) is 14.4 Å². The van der Waals surface area contributed by atoms with Crippen LogP contribution in [0.4, 0.5) is 11.4 Å². The number of benzene rings is 2. The van der Waals surface area contributed by atoms with Crippen LogP contribution < -0.4 is 16.2 Å². The monoisotopic (exact) mass is 520 g/mol. The lowest BCUT2D eigenvalue weighted by molar-refractivity contribution is 0.0592. The molecule has 0 aliphatic rings. The van der Waals surface area contributed by atoms with Crippen LogP contribution in [0.1, 0.15) is 46.6 Å². The van der Waals surface area contributed by atoms with Crippen LogP contribution in [0.25, 0.3) is 4.96 Å². The zero-order valence-electron chi connectivity index (χ0n) is 19.9. The van der Waals surface area contributed by atoms with Crippen molar-refractivity contribution in [3.05, 3.63) is 92.3 Å². The van der Waals surface area contributed by atoms with E-state index < -0.39 is 29.3 Å². The Morgan fingerprint density at radius 2 is 1.49 bits per heavy atom. The van der Waals surface area contributed by atoms with Gasteiger partial charge in [0.25, 0.3) is 17.4 Å². The second-order valence-electron chi connectivity index (χ2n) is 7.68. The summed E-state index contributed by atoms with van der Waals surface area (Å²) < 4.78 is 10.4. The average molecular weight is 521 g/mol. The molecule has 0 radical (unpaired) electrons. The number of esters is 2. The molecular formula is C25H20N4O7S. The highest BCUT2D eigenvalue weighted by Gasteiger charge is 2.26. The van der Waals surface area contributed by atoms with Crippen LogP contribution in [-0.2, 0) is 9.47 Å². The topological polar surface area (TPSA) is 145 Å². The third-order valence-electron chi connectivity index (χ3n) is 5.17. The molecule has 188 valence electrons. The number of hydrogen-bond acceptors (Lipinski definition) is 9. The highest BCUT2D eigenvalue weighted by molar-refractivity contribution is 7.19. The van der Waals surface area contributed by atoms with Gasteiger partial charge in [0.15, 0.2) is 4.96 Å². The fourth-order valence-electron chi connectivity index (χ4n) is 3.47. The molecule has 0 spiro atoms. The second kappa shape index (κ2) is 10.4. The van der Waals surface area contributed by atoms with E-state index in [9.17, 15) is 24.0 Å². The summed E-state index contributed by atoms with van der Waals surface area (Å²) in [5.41, 5.74) is 0.780. The fourth-order valence-corrected chi connectivity index (χ4v) is 4.54. The van der Waals surface area contributed by atoms with Crippen molar-refractivity contribution in [2.24, 2.45) is 0 Å². The van der Waals surface area contributed by atoms with E-state index in [4.69, 9.17) is 4.74 Å². The Kier molecular flexibility index (Phi) is 7.11. The molecule has 0 saturated heterocycles. The summed E-state index contributed by atoms with van der Waals surface area (Å²) >= 11 is 0.873. The first-order valence-electron chi connectivity index (χ1n) is 10.7. The van der Waals surface area contributed by atoms with Crippen LogP contribution >= 0.6 is 11.3 Å². The largest absolute Gasteiger partial charge is 0.465 e. The predicted molar refractivity (Wildman–Crippen MR) is 136 cm³/mol. The van der Waals surface area contributed by atoms with Gasteiger partial charge in [0.1, 0.15) is 10.6 Å². The summed E-state index contributed by atoms with van der Waals surface area (Å²) in [5.74, 6) is -2.54. The Morgan fingerprint density at radius 3 is 2.16 bits per heavy atom. The Hall–Kier alpha value is -4.84. The van der Waals surface area contributed by atoms with Crippen LogP contribution in [0, 0.1) is 6.92 Å². The van der Waals surface area contributed by atoms with Gasteiger partial charge < -0.3 is 20.1 Å². The molecule has 37 heavy (non-hydrogen) atoms. The van der Waals surface area contributed by atoms with Crippen molar-refractivity contribution < 1.29 is 28.7 Å². The molecular weight excluding hydrogens is 500 g/mol. The molecule has 4 rings (SSSR count). The van der Waals surface area contributed by atoms with Gasteiger partial charge in [-0.2, -0.15) is 0 Å². The maximum Gasteiger partial charge on any atom is 0.337 e. The summed E-state index contributed by atoms with van der Waals surface area (Å²) in [6.07, 6.45) is 0. The fraction of sp³-hybridized carbons (Fsp3) is 0.120. The Balaban J connectivity index is 1.72. The number of hydrogen-bond donors (Lipinski definition) is 2. The first kappa shape index (κ1) is 25.3. The molecule has 2 heterocycles. The Bertz CT molecular complexity index is 1610. The van der Waals surface area contributed by atoms with E-state index in [-0.39, 0.29) is 26.8 Å². The number of rotatable bonds is 6. The number of carbonyl (C=O) groups excluding carboxylic acids is 4. The number of amides is 2. The van der Waals surface area contributed by atoms with Crippen molar-refractivity contribution in [3.63, 3.8) is 0 Å². The van der Waals surface area contributed by atoms with E-state index in [1.54, 1.807) is 19.1 Å². The predicted octanol–water partition coefficient (Wildman–Crippen LogP) is 3.14. The number of methoxy groups -OCH3 is 2. The number of nitrogens with one attached hydrogen (secondary N) is 2. The van der Waals surface area contributed by atoms with E-state index in [0.29, 0.717) is 16.9 Å². The number of ether oxygens (including phenoxy) is 2. The van der Waals surface area contributed by atoms with Crippen LogP contribution in [0.2, 0.25) is 0 Å². The first-order valence-corrected chi connectivity index (χ1v) is 11.6. The summed E-state index contributed by atoms with van der Waals surface area (Å²) in [7, 11) is 2.50. The number of fused-ring (bicyclic) bond motifs is 1. The molecule has 2 N–H and O–H groups in total. The molecule has 2 aromatic carbocycles. The maximum absolute atomic E-state index is 13.4. The molecule has 2 aromatic heterocycles. The summed E-state index contributed by atoms with van der Waals surface area (Å²) in [4.78, 5) is 67.3. The van der Waals surface area contributed by atoms with Gasteiger partial charge in [-0.1, -0.05) is 17.4 Å². The standard InChI is InChI=1S/C25H20N4O7S/c1-13-11-18(30)29-19(21(31)28-17-6-4-5-15(12-17)24(34)36-3)20(37-25(29)26-13)22(32)27-16-9-7-14(8-10-16)23(33)35-2/h4-12H,1-3H3,(H,27,32)(H,28,31). The molecule has 12 heteroatoms. The first-order chi connectivity index (χ1) is 17.7. The van der Waals surface area contributed by atoms with Gasteiger partial charge in [0, 0.05) is 23.1 Å². The second-order valence-corrected chi connectivity index (χ2v) is 8.66. The van der Waals surface area contributed by atoms with Gasteiger partial charge in [0.05, 0.1) is 25.3 Å². The molecule has 0 atom stereocenters. The Labute approximate surface area is 213 Å². The van der Waals surface area contributed by atoms with Gasteiger partial charge in [-0.15, -0.1) is 0 Å². The summed E-state index contributed by atoms with van der Waals surface area (Å²) in [6, 6.07) is 13.2. The lowest BCUT2D eigenvalue weighted by atomic mass is 10.2. The average Bonchev–Trinajstić information content (AvgIpc) is 3.28. The Morgan fingerprint density at radius 1 is 0.838 bits per heavy atom. The molecule has 0 saturated carbocycles. The molecule has 0 bridgehead atoms.